The number of rotatable bonds is 5. The fourth-order valence-electron chi connectivity index (χ4n) is 3.20. The zero-order chi connectivity index (χ0) is 20.7. The molecule has 0 spiro atoms. The van der Waals surface area contributed by atoms with Crippen molar-refractivity contribution in [1.29, 1.82) is 0 Å². The maximum atomic E-state index is 12.9. The highest BCUT2D eigenvalue weighted by Gasteiger charge is 2.44. The van der Waals surface area contributed by atoms with E-state index in [0.717, 1.165) is 12.0 Å². The Balaban J connectivity index is 2.04. The highest BCUT2D eigenvalue weighted by molar-refractivity contribution is 7.89. The molecule has 2 atom stereocenters. The van der Waals surface area contributed by atoms with E-state index in [4.69, 9.17) is 4.74 Å². The van der Waals surface area contributed by atoms with Gasteiger partial charge in [-0.1, -0.05) is 19.1 Å². The van der Waals surface area contributed by atoms with E-state index in [1.54, 1.807) is 26.0 Å². The van der Waals surface area contributed by atoms with Crippen LogP contribution in [0.5, 0.6) is 5.75 Å². The molecule has 0 fully saturated rings. The Morgan fingerprint density at radius 3 is 2.39 bits per heavy atom. The summed E-state index contributed by atoms with van der Waals surface area (Å²) in [4.78, 5) is 11.4. The van der Waals surface area contributed by atoms with Crippen LogP contribution in [0.4, 0.5) is 0 Å². The maximum Gasteiger partial charge on any atom is 0.335 e. The van der Waals surface area contributed by atoms with E-state index in [2.05, 4.69) is 4.72 Å². The number of aliphatic hydroxyl groups is 1. The molecule has 1 aliphatic heterocycles. The number of carboxylic acids is 1. The summed E-state index contributed by atoms with van der Waals surface area (Å²) in [5, 5.41) is 20.0. The third kappa shape index (κ3) is 3.76. The van der Waals surface area contributed by atoms with Crippen LogP contribution in [0.2, 0.25) is 0 Å². The van der Waals surface area contributed by atoms with Crippen LogP contribution in [0, 0.1) is 0 Å². The highest BCUT2D eigenvalue weighted by atomic mass is 32.2. The average Bonchev–Trinajstić information content (AvgIpc) is 2.65. The van der Waals surface area contributed by atoms with Crippen molar-refractivity contribution in [3.05, 3.63) is 59.2 Å². The summed E-state index contributed by atoms with van der Waals surface area (Å²) in [5.41, 5.74) is 0.186. The van der Waals surface area contributed by atoms with Gasteiger partial charge in [0.1, 0.15) is 17.5 Å². The summed E-state index contributed by atoms with van der Waals surface area (Å²) >= 11 is 0. The summed E-state index contributed by atoms with van der Waals surface area (Å²) in [5.74, 6) is -0.826. The molecule has 0 amide bonds. The standard InChI is InChI=1S/C20H23NO6S/c1-4-12-5-8-14(9-6-12)28(25,26)21-17-15-11-13(19(23)24)7-10-16(15)27-20(2,3)18(17)22/h5-11,17-18,21-22H,4H2,1-3H3,(H,23,24)/t17-,18-/m1/s1. The fraction of sp³-hybridized carbons (Fsp3) is 0.350. The zero-order valence-electron chi connectivity index (χ0n) is 15.8. The molecule has 1 aliphatic rings. The molecule has 1 heterocycles. The van der Waals surface area contributed by atoms with Crippen LogP contribution in [0.15, 0.2) is 47.4 Å². The van der Waals surface area contributed by atoms with E-state index in [1.807, 2.05) is 6.92 Å². The first-order chi connectivity index (χ1) is 13.0. The molecule has 8 heteroatoms. The lowest BCUT2D eigenvalue weighted by Crippen LogP contribution is -2.53. The van der Waals surface area contributed by atoms with Crippen LogP contribution in [0.25, 0.3) is 0 Å². The molecule has 2 aromatic rings. The lowest BCUT2D eigenvalue weighted by atomic mass is 9.86. The van der Waals surface area contributed by atoms with Gasteiger partial charge >= 0.3 is 5.97 Å². The predicted octanol–water partition coefficient (Wildman–Crippen LogP) is 2.50. The van der Waals surface area contributed by atoms with Gasteiger partial charge in [0, 0.05) is 5.56 Å². The van der Waals surface area contributed by atoms with E-state index in [9.17, 15) is 23.4 Å². The Hall–Kier alpha value is -2.42. The first-order valence-electron chi connectivity index (χ1n) is 8.91. The van der Waals surface area contributed by atoms with Crippen LogP contribution in [-0.2, 0) is 16.4 Å². The van der Waals surface area contributed by atoms with Crippen LogP contribution in [0.1, 0.15) is 48.3 Å². The van der Waals surface area contributed by atoms with Gasteiger partial charge in [0.05, 0.1) is 16.5 Å². The minimum atomic E-state index is -3.96. The lowest BCUT2D eigenvalue weighted by molar-refractivity contribution is -0.0603. The molecule has 150 valence electrons. The Morgan fingerprint density at radius 2 is 1.82 bits per heavy atom. The third-order valence-electron chi connectivity index (χ3n) is 4.92. The number of carbonyl (C=O) groups is 1. The molecule has 0 unspecified atom stereocenters. The van der Waals surface area contributed by atoms with Gasteiger partial charge in [-0.25, -0.2) is 17.9 Å². The summed E-state index contributed by atoms with van der Waals surface area (Å²) in [6.07, 6.45) is -0.444. The van der Waals surface area contributed by atoms with Crippen LogP contribution < -0.4 is 9.46 Å². The minimum Gasteiger partial charge on any atom is -0.485 e. The predicted molar refractivity (Wildman–Crippen MR) is 103 cm³/mol. The summed E-state index contributed by atoms with van der Waals surface area (Å²) in [7, 11) is -3.96. The summed E-state index contributed by atoms with van der Waals surface area (Å²) < 4.78 is 34.1. The van der Waals surface area contributed by atoms with Crippen molar-refractivity contribution in [1.82, 2.24) is 4.72 Å². The zero-order valence-corrected chi connectivity index (χ0v) is 16.7. The second-order valence-corrected chi connectivity index (χ2v) is 9.02. The van der Waals surface area contributed by atoms with Crippen molar-refractivity contribution in [2.24, 2.45) is 0 Å². The largest absolute Gasteiger partial charge is 0.485 e. The van der Waals surface area contributed by atoms with Crippen molar-refractivity contribution in [2.75, 3.05) is 0 Å². The third-order valence-corrected chi connectivity index (χ3v) is 6.37. The van der Waals surface area contributed by atoms with Gasteiger partial charge in [-0.3, -0.25) is 0 Å². The number of aliphatic hydroxyl groups excluding tert-OH is 1. The summed E-state index contributed by atoms with van der Waals surface area (Å²) in [6, 6.07) is 9.59. The Bertz CT molecular complexity index is 998. The lowest BCUT2D eigenvalue weighted by Gasteiger charge is -2.42. The van der Waals surface area contributed by atoms with Gasteiger partial charge in [-0.15, -0.1) is 0 Å². The molecule has 3 N–H and O–H groups in total. The second kappa shape index (κ2) is 7.20. The number of aromatic carboxylic acids is 1. The van der Waals surface area contributed by atoms with Crippen molar-refractivity contribution >= 4 is 16.0 Å². The second-order valence-electron chi connectivity index (χ2n) is 7.30. The van der Waals surface area contributed by atoms with Crippen LogP contribution in [0.3, 0.4) is 0 Å². The first-order valence-corrected chi connectivity index (χ1v) is 10.4. The molecule has 7 nitrogen and oxygen atoms in total. The van der Waals surface area contributed by atoms with Gasteiger partial charge in [0.25, 0.3) is 0 Å². The molecule has 0 aromatic heterocycles. The molecule has 0 saturated carbocycles. The van der Waals surface area contributed by atoms with Crippen LogP contribution >= 0.6 is 0 Å². The van der Waals surface area contributed by atoms with E-state index >= 15 is 0 Å². The van der Waals surface area contributed by atoms with Gasteiger partial charge in [-0.2, -0.15) is 0 Å². The molecule has 28 heavy (non-hydrogen) atoms. The van der Waals surface area contributed by atoms with E-state index < -0.39 is 33.7 Å². The Kier molecular flexibility index (Phi) is 5.22. The Labute approximate surface area is 164 Å². The number of fused-ring (bicyclic) bond motifs is 1. The monoisotopic (exact) mass is 405 g/mol. The number of sulfonamides is 1. The highest BCUT2D eigenvalue weighted by Crippen LogP contribution is 2.41. The number of nitrogens with one attached hydrogen (secondary N) is 1. The minimum absolute atomic E-state index is 0.0225. The molecule has 0 saturated heterocycles. The van der Waals surface area contributed by atoms with Crippen molar-refractivity contribution in [2.45, 2.75) is 49.8 Å². The molecule has 2 aromatic carbocycles. The van der Waals surface area contributed by atoms with E-state index in [-0.39, 0.29) is 16.0 Å². The van der Waals surface area contributed by atoms with Crippen molar-refractivity contribution < 1.29 is 28.2 Å². The normalized spacial score (nSPS) is 20.9. The van der Waals surface area contributed by atoms with E-state index in [1.165, 1.54) is 30.3 Å². The topological polar surface area (TPSA) is 113 Å². The number of hydrogen-bond donors (Lipinski definition) is 3. The average molecular weight is 405 g/mol. The molecule has 0 aliphatic carbocycles. The van der Waals surface area contributed by atoms with Gasteiger partial charge in [-0.05, 0) is 56.2 Å². The molecule has 3 rings (SSSR count). The maximum absolute atomic E-state index is 12.9. The smallest absolute Gasteiger partial charge is 0.335 e. The number of benzene rings is 2. The van der Waals surface area contributed by atoms with Gasteiger partial charge in [0.15, 0.2) is 0 Å². The number of ether oxygens (including phenoxy) is 1. The molecular formula is C20H23NO6S. The quantitative estimate of drug-likeness (QED) is 0.704. The molecular weight excluding hydrogens is 382 g/mol. The molecule has 0 radical (unpaired) electrons. The first kappa shape index (κ1) is 20.3. The fourth-order valence-corrected chi connectivity index (χ4v) is 4.42. The SMILES string of the molecule is CCc1ccc(S(=O)(=O)N[C@@H]2c3cc(C(=O)O)ccc3OC(C)(C)[C@@H]2O)cc1. The number of aryl methyl sites for hydroxylation is 1. The number of carboxylic acid groups (broad SMARTS) is 1. The van der Waals surface area contributed by atoms with E-state index in [0.29, 0.717) is 5.75 Å². The Morgan fingerprint density at radius 1 is 1.18 bits per heavy atom. The van der Waals surface area contributed by atoms with Crippen LogP contribution in [-0.4, -0.2) is 36.3 Å². The van der Waals surface area contributed by atoms with Crippen molar-refractivity contribution in [3.63, 3.8) is 0 Å². The molecule has 0 bridgehead atoms. The number of hydrogen-bond acceptors (Lipinski definition) is 5. The van der Waals surface area contributed by atoms with Crippen molar-refractivity contribution in [3.8, 4) is 5.75 Å². The summed E-state index contributed by atoms with van der Waals surface area (Å²) in [6.45, 7) is 5.26. The van der Waals surface area contributed by atoms with Gasteiger partial charge < -0.3 is 14.9 Å². The van der Waals surface area contributed by atoms with Gasteiger partial charge in [0.2, 0.25) is 10.0 Å².